The molecule has 3 N–H and O–H groups in total. The predicted molar refractivity (Wildman–Crippen MR) is 82.6 cm³/mol. The van der Waals surface area contributed by atoms with Crippen molar-refractivity contribution in [1.29, 1.82) is 0 Å². The highest BCUT2D eigenvalue weighted by Crippen LogP contribution is 2.14. The number of thiophene rings is 1. The summed E-state index contributed by atoms with van der Waals surface area (Å²) >= 11 is 1.69. The summed E-state index contributed by atoms with van der Waals surface area (Å²) in [5.41, 5.74) is 6.81. The molecule has 20 heavy (non-hydrogen) atoms. The molecule has 0 bridgehead atoms. The number of carbonyl (C=O) groups is 1. The second-order valence-corrected chi connectivity index (χ2v) is 5.65. The lowest BCUT2D eigenvalue weighted by Gasteiger charge is -2.03. The number of hydrogen-bond donors (Lipinski definition) is 2. The quantitative estimate of drug-likeness (QED) is 0.850. The number of carbonyl (C=O) groups excluding carboxylic acids is 1. The molecule has 0 unspecified atom stereocenters. The summed E-state index contributed by atoms with van der Waals surface area (Å²) in [4.78, 5) is 14.4. The van der Waals surface area contributed by atoms with Crippen LogP contribution in [0.1, 0.15) is 25.7 Å². The number of aryl methyl sites for hydroxylation is 1. The van der Waals surface area contributed by atoms with Crippen molar-refractivity contribution in [1.82, 2.24) is 5.32 Å². The third kappa shape index (κ3) is 3.95. The average Bonchev–Trinajstić information content (AvgIpc) is 2.89. The Labute approximate surface area is 122 Å². The normalized spacial score (nSPS) is 9.70. The van der Waals surface area contributed by atoms with E-state index in [-0.39, 0.29) is 5.91 Å². The Morgan fingerprint density at radius 3 is 2.60 bits per heavy atom. The molecule has 0 aliphatic heterocycles. The van der Waals surface area contributed by atoms with E-state index in [9.17, 15) is 4.79 Å². The van der Waals surface area contributed by atoms with Crippen LogP contribution >= 0.6 is 11.3 Å². The second kappa shape index (κ2) is 6.90. The van der Waals surface area contributed by atoms with Crippen LogP contribution in [-0.4, -0.2) is 12.5 Å². The molecular weight excluding hydrogens is 268 g/mol. The van der Waals surface area contributed by atoms with Crippen LogP contribution in [0, 0.1) is 18.8 Å². The Morgan fingerprint density at radius 2 is 2.00 bits per heavy atom. The molecule has 1 aromatic carbocycles. The largest absolute Gasteiger partial charge is 0.347 e. The van der Waals surface area contributed by atoms with E-state index < -0.39 is 0 Å². The molecule has 0 fully saturated rings. The van der Waals surface area contributed by atoms with Crippen molar-refractivity contribution in [3.8, 4) is 11.8 Å². The van der Waals surface area contributed by atoms with E-state index in [1.54, 1.807) is 23.5 Å². The maximum Gasteiger partial charge on any atom is 0.251 e. The van der Waals surface area contributed by atoms with Gasteiger partial charge in [0.25, 0.3) is 5.91 Å². The van der Waals surface area contributed by atoms with Crippen LogP contribution in [0.5, 0.6) is 0 Å². The Morgan fingerprint density at radius 1 is 1.25 bits per heavy atom. The maximum absolute atomic E-state index is 12.0. The molecule has 0 saturated carbocycles. The molecule has 4 heteroatoms. The molecule has 3 nitrogen and oxygen atoms in total. The van der Waals surface area contributed by atoms with Crippen LogP contribution in [-0.2, 0) is 6.54 Å². The van der Waals surface area contributed by atoms with Gasteiger partial charge in [0.1, 0.15) is 0 Å². The number of amides is 1. The first-order valence-electron chi connectivity index (χ1n) is 6.31. The van der Waals surface area contributed by atoms with Gasteiger partial charge in [-0.2, -0.15) is 0 Å². The Balaban J connectivity index is 1.95. The lowest BCUT2D eigenvalue weighted by atomic mass is 10.1. The first-order valence-corrected chi connectivity index (χ1v) is 7.13. The first kappa shape index (κ1) is 14.3. The van der Waals surface area contributed by atoms with E-state index in [0.29, 0.717) is 18.7 Å². The van der Waals surface area contributed by atoms with Gasteiger partial charge in [-0.3, -0.25) is 4.79 Å². The fourth-order valence-corrected chi connectivity index (χ4v) is 2.54. The summed E-state index contributed by atoms with van der Waals surface area (Å²) in [5, 5.41) is 2.91. The summed E-state index contributed by atoms with van der Waals surface area (Å²) in [6.45, 7) is 2.95. The minimum absolute atomic E-state index is 0.0746. The molecule has 2 aromatic rings. The van der Waals surface area contributed by atoms with Gasteiger partial charge in [-0.25, -0.2) is 0 Å². The van der Waals surface area contributed by atoms with Gasteiger partial charge in [0.15, 0.2) is 0 Å². The molecular formula is C16H16N2OS. The SMILES string of the molecule is Cc1ccc(CNC(=O)c2ccc(C#CCN)cc2)s1. The van der Waals surface area contributed by atoms with Gasteiger partial charge in [-0.15, -0.1) is 11.3 Å². The maximum atomic E-state index is 12.0. The third-order valence-electron chi connectivity index (χ3n) is 2.70. The molecule has 0 radical (unpaired) electrons. The standard InChI is InChI=1S/C16H16N2OS/c1-12-4-9-15(20-12)11-18-16(19)14-7-5-13(6-8-14)3-2-10-17/h4-9H,10-11,17H2,1H3,(H,18,19). The van der Waals surface area contributed by atoms with Gasteiger partial charge < -0.3 is 11.1 Å². The van der Waals surface area contributed by atoms with Crippen molar-refractivity contribution in [3.05, 3.63) is 57.3 Å². The lowest BCUT2D eigenvalue weighted by Crippen LogP contribution is -2.22. The van der Waals surface area contributed by atoms with Crippen LogP contribution in [0.25, 0.3) is 0 Å². The zero-order valence-electron chi connectivity index (χ0n) is 11.3. The van der Waals surface area contributed by atoms with Crippen LogP contribution in [0.4, 0.5) is 0 Å². The lowest BCUT2D eigenvalue weighted by molar-refractivity contribution is 0.0951. The summed E-state index contributed by atoms with van der Waals surface area (Å²) in [6.07, 6.45) is 0. The number of benzene rings is 1. The molecule has 0 aliphatic rings. The van der Waals surface area contributed by atoms with Gasteiger partial charge in [-0.05, 0) is 43.3 Å². The van der Waals surface area contributed by atoms with Crippen LogP contribution < -0.4 is 11.1 Å². The highest BCUT2D eigenvalue weighted by Gasteiger charge is 2.05. The predicted octanol–water partition coefficient (Wildman–Crippen LogP) is 2.30. The van der Waals surface area contributed by atoms with Gasteiger partial charge >= 0.3 is 0 Å². The summed E-state index contributed by atoms with van der Waals surface area (Å²) in [5.74, 6) is 5.63. The highest BCUT2D eigenvalue weighted by atomic mass is 32.1. The van der Waals surface area contributed by atoms with Crippen molar-refractivity contribution in [2.75, 3.05) is 6.54 Å². The van der Waals surface area contributed by atoms with E-state index in [0.717, 1.165) is 10.4 Å². The molecule has 2 rings (SSSR count). The van der Waals surface area contributed by atoms with Crippen molar-refractivity contribution in [2.45, 2.75) is 13.5 Å². The molecule has 0 spiro atoms. The molecule has 0 saturated heterocycles. The van der Waals surface area contributed by atoms with Crippen LogP contribution in [0.2, 0.25) is 0 Å². The van der Waals surface area contributed by atoms with E-state index in [4.69, 9.17) is 5.73 Å². The van der Waals surface area contributed by atoms with E-state index in [1.165, 1.54) is 4.88 Å². The van der Waals surface area contributed by atoms with E-state index in [2.05, 4.69) is 30.1 Å². The third-order valence-corrected chi connectivity index (χ3v) is 3.70. The van der Waals surface area contributed by atoms with Gasteiger partial charge in [0, 0.05) is 20.9 Å². The minimum atomic E-state index is -0.0746. The fraction of sp³-hybridized carbons (Fsp3) is 0.188. The first-order chi connectivity index (χ1) is 9.69. The summed E-state index contributed by atoms with van der Waals surface area (Å²) < 4.78 is 0. The molecule has 1 amide bonds. The molecule has 1 heterocycles. The molecule has 0 aliphatic carbocycles. The van der Waals surface area contributed by atoms with Crippen LogP contribution in [0.3, 0.4) is 0 Å². The molecule has 0 atom stereocenters. The zero-order chi connectivity index (χ0) is 14.4. The number of nitrogens with one attached hydrogen (secondary N) is 1. The van der Waals surface area contributed by atoms with Gasteiger partial charge in [-0.1, -0.05) is 11.8 Å². The van der Waals surface area contributed by atoms with Crippen molar-refractivity contribution >= 4 is 17.2 Å². The smallest absolute Gasteiger partial charge is 0.251 e. The van der Waals surface area contributed by atoms with E-state index in [1.807, 2.05) is 18.2 Å². The fourth-order valence-electron chi connectivity index (χ4n) is 1.71. The highest BCUT2D eigenvalue weighted by molar-refractivity contribution is 7.11. The number of nitrogens with two attached hydrogens (primary N) is 1. The molecule has 102 valence electrons. The number of rotatable bonds is 3. The van der Waals surface area contributed by atoms with E-state index >= 15 is 0 Å². The monoisotopic (exact) mass is 284 g/mol. The van der Waals surface area contributed by atoms with Crippen molar-refractivity contribution in [2.24, 2.45) is 5.73 Å². The average molecular weight is 284 g/mol. The topological polar surface area (TPSA) is 55.1 Å². The van der Waals surface area contributed by atoms with Crippen LogP contribution in [0.15, 0.2) is 36.4 Å². The second-order valence-electron chi connectivity index (χ2n) is 4.28. The van der Waals surface area contributed by atoms with Crippen molar-refractivity contribution in [3.63, 3.8) is 0 Å². The Bertz CT molecular complexity index is 647. The van der Waals surface area contributed by atoms with Gasteiger partial charge in [0.05, 0.1) is 13.1 Å². The molecule has 1 aromatic heterocycles. The minimum Gasteiger partial charge on any atom is -0.347 e. The van der Waals surface area contributed by atoms with Gasteiger partial charge in [0.2, 0.25) is 0 Å². The zero-order valence-corrected chi connectivity index (χ0v) is 12.1. The number of hydrogen-bond acceptors (Lipinski definition) is 3. The summed E-state index contributed by atoms with van der Waals surface area (Å²) in [7, 11) is 0. The van der Waals surface area contributed by atoms with Crippen molar-refractivity contribution < 1.29 is 4.79 Å². The summed E-state index contributed by atoms with van der Waals surface area (Å²) in [6, 6.07) is 11.3. The Kier molecular flexibility index (Phi) is 4.94. The Hall–Kier alpha value is -2.09.